The summed E-state index contributed by atoms with van der Waals surface area (Å²) < 4.78 is 7.89. The first-order valence-corrected chi connectivity index (χ1v) is 6.90. The van der Waals surface area contributed by atoms with Gasteiger partial charge in [-0.2, -0.15) is 5.10 Å². The third-order valence-electron chi connectivity index (χ3n) is 3.73. The lowest BCUT2D eigenvalue weighted by atomic mass is 10.1. The highest BCUT2D eigenvalue weighted by atomic mass is 16.5. The average molecular weight is 264 g/mol. The Morgan fingerprint density at radius 2 is 2.37 bits per heavy atom. The van der Waals surface area contributed by atoms with Gasteiger partial charge in [0.05, 0.1) is 11.3 Å². The summed E-state index contributed by atoms with van der Waals surface area (Å²) in [5, 5.41) is 7.88. The zero-order chi connectivity index (χ0) is 14.0. The van der Waals surface area contributed by atoms with Crippen LogP contribution in [0.15, 0.2) is 6.08 Å². The number of hydrogen-bond donors (Lipinski definition) is 2. The quantitative estimate of drug-likeness (QED) is 0.866. The molecule has 2 rings (SSSR count). The molecule has 3 N–H and O–H groups in total. The van der Waals surface area contributed by atoms with Gasteiger partial charge in [0, 0.05) is 18.8 Å². The number of nitrogens with one attached hydrogen (secondary N) is 1. The highest BCUT2D eigenvalue weighted by Gasteiger charge is 2.25. The molecule has 0 aromatic carbocycles. The molecule has 0 spiro atoms. The van der Waals surface area contributed by atoms with Gasteiger partial charge in [0.25, 0.3) is 0 Å². The van der Waals surface area contributed by atoms with Gasteiger partial charge in [-0.1, -0.05) is 6.08 Å². The number of ether oxygens (including phenoxy) is 1. The normalized spacial score (nSPS) is 21.7. The van der Waals surface area contributed by atoms with Gasteiger partial charge in [0.1, 0.15) is 6.10 Å². The molecule has 5 heteroatoms. The van der Waals surface area contributed by atoms with Gasteiger partial charge in [-0.25, -0.2) is 4.68 Å². The monoisotopic (exact) mass is 264 g/mol. The number of aromatic nitrogens is 2. The van der Waals surface area contributed by atoms with Crippen molar-refractivity contribution in [2.75, 3.05) is 6.54 Å². The minimum absolute atomic E-state index is 0.112. The molecule has 1 unspecified atom stereocenters. The van der Waals surface area contributed by atoms with E-state index >= 15 is 0 Å². The van der Waals surface area contributed by atoms with Crippen LogP contribution in [0.3, 0.4) is 0 Å². The summed E-state index contributed by atoms with van der Waals surface area (Å²) in [5.74, 6) is 0.759. The molecular formula is C14H24N4O. The van der Waals surface area contributed by atoms with E-state index in [0.29, 0.717) is 11.7 Å². The van der Waals surface area contributed by atoms with Gasteiger partial charge in [-0.3, -0.25) is 0 Å². The molecule has 0 radical (unpaired) electrons. The molecule has 0 aliphatic carbocycles. The van der Waals surface area contributed by atoms with Gasteiger partial charge in [-0.05, 0) is 40.2 Å². The molecule has 106 valence electrons. The molecule has 1 aromatic rings. The van der Waals surface area contributed by atoms with Crippen LogP contribution >= 0.6 is 0 Å². The molecule has 19 heavy (non-hydrogen) atoms. The van der Waals surface area contributed by atoms with E-state index in [4.69, 9.17) is 10.5 Å². The van der Waals surface area contributed by atoms with Crippen molar-refractivity contribution >= 4 is 5.70 Å². The molecular weight excluding hydrogens is 240 g/mol. The first-order valence-electron chi connectivity index (χ1n) is 6.90. The Kier molecular flexibility index (Phi) is 4.14. The second-order valence-corrected chi connectivity index (χ2v) is 5.16. The fourth-order valence-electron chi connectivity index (χ4n) is 2.62. The lowest BCUT2D eigenvalue weighted by molar-refractivity contribution is 0.165. The standard InChI is InChI=1S/C14H24N4O/c1-5-11(15)13-9(2)17-18(4)14(13)19-10(3)12-7-6-8-16-12/h5,10,12,16H,6-8,15H2,1-4H3/b11-5-/t10?,12-/m1/s1. The summed E-state index contributed by atoms with van der Waals surface area (Å²) in [6.07, 6.45) is 4.37. The minimum Gasteiger partial charge on any atom is -0.473 e. The molecule has 0 bridgehead atoms. The number of hydrogen-bond acceptors (Lipinski definition) is 4. The van der Waals surface area contributed by atoms with Crippen molar-refractivity contribution in [2.45, 2.75) is 45.8 Å². The number of aryl methyl sites for hydroxylation is 2. The lowest BCUT2D eigenvalue weighted by Gasteiger charge is -2.21. The third-order valence-corrected chi connectivity index (χ3v) is 3.73. The summed E-state index contributed by atoms with van der Waals surface area (Å²) in [5.41, 5.74) is 8.58. The van der Waals surface area contributed by atoms with Crippen molar-refractivity contribution in [1.82, 2.24) is 15.1 Å². The van der Waals surface area contributed by atoms with Crippen LogP contribution in [0.1, 0.15) is 37.9 Å². The van der Waals surface area contributed by atoms with Gasteiger partial charge >= 0.3 is 0 Å². The first kappa shape index (κ1) is 13.9. The first-order chi connectivity index (χ1) is 9.04. The summed E-state index contributed by atoms with van der Waals surface area (Å²) in [6.45, 7) is 7.05. The van der Waals surface area contributed by atoms with Gasteiger partial charge < -0.3 is 15.8 Å². The summed E-state index contributed by atoms with van der Waals surface area (Å²) in [4.78, 5) is 0. The van der Waals surface area contributed by atoms with Crippen LogP contribution < -0.4 is 15.8 Å². The summed E-state index contributed by atoms with van der Waals surface area (Å²) >= 11 is 0. The molecule has 0 saturated carbocycles. The molecule has 2 heterocycles. The zero-order valence-electron chi connectivity index (χ0n) is 12.2. The van der Waals surface area contributed by atoms with Crippen molar-refractivity contribution in [2.24, 2.45) is 12.8 Å². The molecule has 0 amide bonds. The van der Waals surface area contributed by atoms with E-state index in [1.54, 1.807) is 4.68 Å². The number of rotatable bonds is 4. The van der Waals surface area contributed by atoms with E-state index in [2.05, 4.69) is 17.3 Å². The number of nitrogens with zero attached hydrogens (tertiary/aromatic N) is 2. The maximum Gasteiger partial charge on any atom is 0.221 e. The maximum absolute atomic E-state index is 6.12. The Morgan fingerprint density at radius 1 is 1.63 bits per heavy atom. The fourth-order valence-corrected chi connectivity index (χ4v) is 2.62. The Bertz CT molecular complexity index is 472. The minimum atomic E-state index is 0.112. The molecule has 1 aliphatic rings. The zero-order valence-corrected chi connectivity index (χ0v) is 12.2. The molecule has 2 atom stereocenters. The van der Waals surface area contributed by atoms with Crippen LogP contribution in [0.25, 0.3) is 5.70 Å². The van der Waals surface area contributed by atoms with E-state index in [0.717, 1.165) is 30.1 Å². The SMILES string of the molecule is C/C=C(\N)c1c(C)nn(C)c1OC(C)[C@H]1CCCN1. The van der Waals surface area contributed by atoms with Crippen LogP contribution in [0.4, 0.5) is 0 Å². The number of allylic oxidation sites excluding steroid dienone is 1. The second-order valence-electron chi connectivity index (χ2n) is 5.16. The van der Waals surface area contributed by atoms with Crippen LogP contribution in [-0.4, -0.2) is 28.5 Å². The van der Waals surface area contributed by atoms with Crippen LogP contribution in [0, 0.1) is 6.92 Å². The maximum atomic E-state index is 6.12. The summed E-state index contributed by atoms with van der Waals surface area (Å²) in [7, 11) is 1.89. The van der Waals surface area contributed by atoms with Gasteiger partial charge in [0.2, 0.25) is 5.88 Å². The van der Waals surface area contributed by atoms with Crippen LogP contribution in [0.2, 0.25) is 0 Å². The van der Waals surface area contributed by atoms with Crippen LogP contribution in [-0.2, 0) is 7.05 Å². The predicted octanol–water partition coefficient (Wildman–Crippen LogP) is 1.57. The van der Waals surface area contributed by atoms with Gasteiger partial charge in [0.15, 0.2) is 0 Å². The van der Waals surface area contributed by atoms with Crippen molar-refractivity contribution in [3.63, 3.8) is 0 Å². The largest absolute Gasteiger partial charge is 0.473 e. The highest BCUT2D eigenvalue weighted by Crippen LogP contribution is 2.28. The van der Waals surface area contributed by atoms with Crippen molar-refractivity contribution in [3.05, 3.63) is 17.3 Å². The van der Waals surface area contributed by atoms with E-state index in [1.165, 1.54) is 6.42 Å². The second kappa shape index (κ2) is 5.65. The Labute approximate surface area is 114 Å². The molecule has 1 fully saturated rings. The van der Waals surface area contributed by atoms with E-state index in [-0.39, 0.29) is 6.10 Å². The molecule has 1 aliphatic heterocycles. The molecule has 5 nitrogen and oxygen atoms in total. The van der Waals surface area contributed by atoms with E-state index < -0.39 is 0 Å². The van der Waals surface area contributed by atoms with E-state index in [1.807, 2.05) is 27.0 Å². The van der Waals surface area contributed by atoms with Crippen molar-refractivity contribution in [3.8, 4) is 5.88 Å². The van der Waals surface area contributed by atoms with E-state index in [9.17, 15) is 0 Å². The highest BCUT2D eigenvalue weighted by molar-refractivity contribution is 5.68. The predicted molar refractivity (Wildman–Crippen MR) is 76.9 cm³/mol. The van der Waals surface area contributed by atoms with Gasteiger partial charge in [-0.15, -0.1) is 0 Å². The molecule has 1 aromatic heterocycles. The number of nitrogens with two attached hydrogens (primary N) is 1. The third kappa shape index (κ3) is 2.76. The summed E-state index contributed by atoms with van der Waals surface area (Å²) in [6, 6.07) is 0.412. The Hall–Kier alpha value is -1.49. The van der Waals surface area contributed by atoms with Crippen molar-refractivity contribution in [1.29, 1.82) is 0 Å². The Morgan fingerprint density at radius 3 is 2.95 bits per heavy atom. The average Bonchev–Trinajstić information content (AvgIpc) is 2.98. The van der Waals surface area contributed by atoms with Crippen LogP contribution in [0.5, 0.6) is 5.88 Å². The lowest BCUT2D eigenvalue weighted by Crippen LogP contribution is -2.37. The smallest absolute Gasteiger partial charge is 0.221 e. The topological polar surface area (TPSA) is 65.1 Å². The Balaban J connectivity index is 2.23. The fraction of sp³-hybridized carbons (Fsp3) is 0.643. The molecule has 1 saturated heterocycles. The van der Waals surface area contributed by atoms with Crippen molar-refractivity contribution < 1.29 is 4.74 Å².